The molecule has 1 heterocycles. The molecule has 1 aliphatic heterocycles. The Balaban J connectivity index is 1.80. The van der Waals surface area contributed by atoms with Crippen molar-refractivity contribution < 1.29 is 10.2 Å². The lowest BCUT2D eigenvalue weighted by Gasteiger charge is -2.40. The smallest absolute Gasteiger partial charge is 0.124 e. The first kappa shape index (κ1) is 18.7. The van der Waals surface area contributed by atoms with E-state index in [0.717, 1.165) is 5.56 Å². The molecule has 0 aromatic heterocycles. The van der Waals surface area contributed by atoms with Gasteiger partial charge in [-0.1, -0.05) is 42.5 Å². The van der Waals surface area contributed by atoms with Crippen molar-refractivity contribution in [2.75, 3.05) is 13.1 Å². The number of aliphatic hydroxyl groups is 1. The van der Waals surface area contributed by atoms with Crippen molar-refractivity contribution in [2.45, 2.75) is 18.4 Å². The number of aromatic hydroxyl groups is 1. The van der Waals surface area contributed by atoms with Gasteiger partial charge in [0.2, 0.25) is 0 Å². The quantitative estimate of drug-likeness (QED) is 0.526. The van der Waals surface area contributed by atoms with Gasteiger partial charge in [-0.05, 0) is 36.6 Å². The van der Waals surface area contributed by atoms with E-state index in [1.807, 2.05) is 35.2 Å². The molecule has 0 atom stereocenters. The van der Waals surface area contributed by atoms with E-state index < -0.39 is 5.60 Å². The molecule has 0 aliphatic carbocycles. The van der Waals surface area contributed by atoms with E-state index in [1.54, 1.807) is 30.3 Å². The number of benzene rings is 2. The maximum atomic E-state index is 11.0. The van der Waals surface area contributed by atoms with E-state index in [9.17, 15) is 10.2 Å². The number of phenols is 1. The molecule has 6 nitrogen and oxygen atoms in total. The van der Waals surface area contributed by atoms with Gasteiger partial charge in [-0.15, -0.1) is 0 Å². The predicted molar refractivity (Wildman–Crippen MR) is 107 cm³/mol. The number of phenolic OH excluding ortho intramolecular Hbond substituents is 1. The number of rotatable bonds is 4. The number of hydrogen-bond donors (Lipinski definition) is 5. The number of allylic oxidation sites excluding steroid dienone is 1. The molecule has 0 radical (unpaired) electrons. The van der Waals surface area contributed by atoms with Gasteiger partial charge in [-0.2, -0.15) is 0 Å². The van der Waals surface area contributed by atoms with E-state index >= 15 is 0 Å². The third kappa shape index (κ3) is 4.01. The van der Waals surface area contributed by atoms with E-state index in [4.69, 9.17) is 17.2 Å². The molecule has 1 fully saturated rings. The van der Waals surface area contributed by atoms with E-state index in [-0.39, 0.29) is 11.6 Å². The second kappa shape index (κ2) is 7.63. The van der Waals surface area contributed by atoms with E-state index in [1.165, 1.54) is 0 Å². The minimum Gasteiger partial charge on any atom is -0.507 e. The molecule has 0 amide bonds. The second-order valence-electron chi connectivity index (χ2n) is 6.84. The van der Waals surface area contributed by atoms with Crippen LogP contribution in [0.2, 0.25) is 0 Å². The lowest BCUT2D eigenvalue weighted by molar-refractivity contribution is -0.0180. The van der Waals surface area contributed by atoms with Crippen LogP contribution in [0.5, 0.6) is 5.75 Å². The summed E-state index contributed by atoms with van der Waals surface area (Å²) in [4.78, 5) is 2.01. The van der Waals surface area contributed by atoms with Crippen molar-refractivity contribution in [2.24, 2.45) is 17.2 Å². The van der Waals surface area contributed by atoms with Gasteiger partial charge < -0.3 is 32.3 Å². The Morgan fingerprint density at radius 1 is 0.926 bits per heavy atom. The lowest BCUT2D eigenvalue weighted by atomic mass is 9.84. The summed E-state index contributed by atoms with van der Waals surface area (Å²) in [6.07, 6.45) is 2.79. The minimum absolute atomic E-state index is 0.0956. The number of piperidine rings is 1. The minimum atomic E-state index is -0.862. The molecule has 3 rings (SSSR count). The summed E-state index contributed by atoms with van der Waals surface area (Å²) in [5.41, 5.74) is 19.5. The summed E-state index contributed by atoms with van der Waals surface area (Å²) in [6.45, 7) is 1.17. The van der Waals surface area contributed by atoms with Gasteiger partial charge in [0.15, 0.2) is 0 Å². The highest BCUT2D eigenvalue weighted by molar-refractivity contribution is 5.69. The van der Waals surface area contributed by atoms with Crippen molar-refractivity contribution >= 4 is 5.70 Å². The Morgan fingerprint density at radius 2 is 1.52 bits per heavy atom. The first-order valence-electron chi connectivity index (χ1n) is 8.94. The highest BCUT2D eigenvalue weighted by atomic mass is 16.3. The normalized spacial score (nSPS) is 16.8. The van der Waals surface area contributed by atoms with Gasteiger partial charge in [0.05, 0.1) is 11.3 Å². The summed E-state index contributed by atoms with van der Waals surface area (Å²) in [5, 5.41) is 21.0. The van der Waals surface area contributed by atoms with Crippen molar-refractivity contribution in [1.29, 1.82) is 0 Å². The van der Waals surface area contributed by atoms with E-state index in [0.29, 0.717) is 42.9 Å². The molecule has 142 valence electrons. The van der Waals surface area contributed by atoms with Crippen LogP contribution in [-0.2, 0) is 5.60 Å². The van der Waals surface area contributed by atoms with Crippen LogP contribution in [0.15, 0.2) is 72.2 Å². The third-order valence-corrected chi connectivity index (χ3v) is 5.05. The molecular formula is C21H26N4O2. The molecule has 6 heteroatoms. The molecule has 8 N–H and O–H groups in total. The number of hydrogen-bond acceptors (Lipinski definition) is 6. The molecular weight excluding hydrogens is 340 g/mol. The van der Waals surface area contributed by atoms with Crippen LogP contribution in [0.25, 0.3) is 5.70 Å². The fraction of sp³-hybridized carbons (Fsp3) is 0.238. The Labute approximate surface area is 159 Å². The summed E-state index contributed by atoms with van der Waals surface area (Å²) in [7, 11) is 0. The highest BCUT2D eigenvalue weighted by Gasteiger charge is 2.34. The molecule has 1 aliphatic rings. The molecule has 2 aromatic rings. The third-order valence-electron chi connectivity index (χ3n) is 5.05. The lowest BCUT2D eigenvalue weighted by Crippen LogP contribution is -2.43. The van der Waals surface area contributed by atoms with Gasteiger partial charge in [0, 0.05) is 24.4 Å². The zero-order chi connectivity index (χ0) is 19.4. The Kier molecular flexibility index (Phi) is 5.28. The number of para-hydroxylation sites is 1. The fourth-order valence-electron chi connectivity index (χ4n) is 3.45. The summed E-state index contributed by atoms with van der Waals surface area (Å²) in [5.74, 6) is 0.247. The van der Waals surface area contributed by atoms with Gasteiger partial charge in [0.25, 0.3) is 0 Å². The molecule has 0 unspecified atom stereocenters. The molecule has 2 aromatic carbocycles. The van der Waals surface area contributed by atoms with Crippen LogP contribution < -0.4 is 17.2 Å². The van der Waals surface area contributed by atoms with Gasteiger partial charge in [0.1, 0.15) is 11.6 Å². The topological polar surface area (TPSA) is 122 Å². The monoisotopic (exact) mass is 366 g/mol. The Hall–Kier alpha value is -3.12. The summed E-state index contributed by atoms with van der Waals surface area (Å²) in [6, 6.07) is 16.5. The highest BCUT2D eigenvalue weighted by Crippen LogP contribution is 2.34. The van der Waals surface area contributed by atoms with Crippen LogP contribution in [-0.4, -0.2) is 28.2 Å². The summed E-state index contributed by atoms with van der Waals surface area (Å²) < 4.78 is 0. The Morgan fingerprint density at radius 3 is 2.11 bits per heavy atom. The van der Waals surface area contributed by atoms with Gasteiger partial charge >= 0.3 is 0 Å². The largest absolute Gasteiger partial charge is 0.507 e. The van der Waals surface area contributed by atoms with Crippen molar-refractivity contribution in [3.8, 4) is 5.75 Å². The molecule has 0 spiro atoms. The van der Waals surface area contributed by atoms with Crippen LogP contribution in [0.3, 0.4) is 0 Å². The number of nitrogens with zero attached hydrogens (tertiary/aromatic N) is 1. The summed E-state index contributed by atoms with van der Waals surface area (Å²) >= 11 is 0. The average Bonchev–Trinajstić information content (AvgIpc) is 2.68. The maximum Gasteiger partial charge on any atom is 0.124 e. The van der Waals surface area contributed by atoms with Crippen LogP contribution in [0, 0.1) is 0 Å². The van der Waals surface area contributed by atoms with Crippen LogP contribution in [0.4, 0.5) is 0 Å². The first-order valence-corrected chi connectivity index (χ1v) is 8.94. The van der Waals surface area contributed by atoms with E-state index in [2.05, 4.69) is 0 Å². The van der Waals surface area contributed by atoms with Crippen molar-refractivity contribution in [3.05, 3.63) is 83.3 Å². The van der Waals surface area contributed by atoms with Crippen molar-refractivity contribution in [1.82, 2.24) is 4.90 Å². The number of likely N-dealkylation sites (tertiary alicyclic amines) is 1. The average molecular weight is 366 g/mol. The van der Waals surface area contributed by atoms with Crippen LogP contribution >= 0.6 is 0 Å². The molecule has 0 saturated carbocycles. The molecule has 1 saturated heterocycles. The Bertz CT molecular complexity index is 849. The zero-order valence-corrected chi connectivity index (χ0v) is 15.2. The molecule has 0 bridgehead atoms. The van der Waals surface area contributed by atoms with Crippen molar-refractivity contribution in [3.63, 3.8) is 0 Å². The zero-order valence-electron chi connectivity index (χ0n) is 15.2. The SMILES string of the molecule is NC(N)=C(/C=C(\N)c1ccccc1O)N1CCC(O)(c2ccccc2)CC1. The molecule has 27 heavy (non-hydrogen) atoms. The van der Waals surface area contributed by atoms with Gasteiger partial charge in [-0.25, -0.2) is 0 Å². The first-order chi connectivity index (χ1) is 12.9. The predicted octanol–water partition coefficient (Wildman–Crippen LogP) is 1.76. The standard InChI is InChI=1S/C21H26N4O2/c22-17(16-8-4-5-9-19(16)26)14-18(20(23)24)25-12-10-21(27,11-13-25)15-6-2-1-3-7-15/h1-9,14,26-27H,10-13,22-24H2/b17-14-. The maximum absolute atomic E-state index is 11.0. The van der Waals surface area contributed by atoms with Gasteiger partial charge in [-0.3, -0.25) is 0 Å². The number of nitrogens with two attached hydrogens (primary N) is 3. The second-order valence-corrected chi connectivity index (χ2v) is 6.84. The van der Waals surface area contributed by atoms with Crippen LogP contribution in [0.1, 0.15) is 24.0 Å². The fourth-order valence-corrected chi connectivity index (χ4v) is 3.45.